The van der Waals surface area contributed by atoms with Gasteiger partial charge in [0.05, 0.1) is 46.5 Å². The molecule has 0 amide bonds. The van der Waals surface area contributed by atoms with Crippen LogP contribution in [0.25, 0.3) is 11.3 Å². The van der Waals surface area contributed by atoms with Crippen LogP contribution in [0.2, 0.25) is 0 Å². The predicted octanol–water partition coefficient (Wildman–Crippen LogP) is 4.59. The number of nitrogens with zero attached hydrogens (tertiary/aromatic N) is 3. The van der Waals surface area contributed by atoms with Gasteiger partial charge < -0.3 is 9.47 Å². The number of aromatic nitrogens is 4. The number of thioether (sulfide) groups is 1. The van der Waals surface area contributed by atoms with E-state index in [1.54, 1.807) is 18.9 Å². The van der Waals surface area contributed by atoms with E-state index in [1.165, 1.54) is 0 Å². The summed E-state index contributed by atoms with van der Waals surface area (Å²) in [5.74, 6) is 1.51. The van der Waals surface area contributed by atoms with Crippen molar-refractivity contribution in [2.45, 2.75) is 50.5 Å². The Morgan fingerprint density at radius 2 is 2.06 bits per heavy atom. The van der Waals surface area contributed by atoms with Crippen LogP contribution in [0.5, 0.6) is 5.75 Å². The fourth-order valence-corrected chi connectivity index (χ4v) is 5.71. The minimum atomic E-state index is -0.232. The van der Waals surface area contributed by atoms with E-state index in [2.05, 4.69) is 29.1 Å². The molecule has 0 bridgehead atoms. The van der Waals surface area contributed by atoms with E-state index in [4.69, 9.17) is 14.5 Å². The van der Waals surface area contributed by atoms with E-state index in [1.807, 2.05) is 42.1 Å². The van der Waals surface area contributed by atoms with E-state index >= 15 is 0 Å². The van der Waals surface area contributed by atoms with E-state index < -0.39 is 0 Å². The molecule has 9 heteroatoms. The van der Waals surface area contributed by atoms with Gasteiger partial charge in [-0.15, -0.1) is 0 Å². The number of hydrogen-bond donors (Lipinski definition) is 2. The van der Waals surface area contributed by atoms with Crippen LogP contribution < -0.4 is 10.3 Å². The molecule has 2 aliphatic rings. The summed E-state index contributed by atoms with van der Waals surface area (Å²) in [5, 5.41) is 11.2. The molecule has 2 N–H and O–H groups in total. The number of H-pyrrole nitrogens is 2. The van der Waals surface area contributed by atoms with Gasteiger partial charge in [-0.05, 0) is 57.9 Å². The van der Waals surface area contributed by atoms with E-state index in [-0.39, 0.29) is 22.5 Å². The second kappa shape index (κ2) is 7.97. The fourth-order valence-electron chi connectivity index (χ4n) is 4.60. The number of nitrogens with one attached hydrogen (secondary N) is 2. The lowest BCUT2D eigenvalue weighted by Crippen LogP contribution is -2.35. The molecule has 1 saturated heterocycles. The highest BCUT2D eigenvalue weighted by atomic mass is 32.2. The monoisotopic (exact) mass is 453 g/mol. The van der Waals surface area contributed by atoms with E-state index in [0.717, 1.165) is 46.3 Å². The van der Waals surface area contributed by atoms with Crippen molar-refractivity contribution in [1.82, 2.24) is 20.0 Å². The zero-order chi connectivity index (χ0) is 22.5. The lowest BCUT2D eigenvalue weighted by atomic mass is 9.94. The van der Waals surface area contributed by atoms with Crippen LogP contribution in [0.4, 0.5) is 5.82 Å². The van der Waals surface area contributed by atoms with Crippen LogP contribution in [0.1, 0.15) is 56.0 Å². The largest absolute Gasteiger partial charge is 0.497 e. The van der Waals surface area contributed by atoms with Crippen molar-refractivity contribution in [3.8, 4) is 17.0 Å². The maximum atomic E-state index is 13.2. The highest BCUT2D eigenvalue weighted by Gasteiger charge is 2.36. The highest BCUT2D eigenvalue weighted by molar-refractivity contribution is 8.14. The Hall–Kier alpha value is -2.78. The van der Waals surface area contributed by atoms with Crippen molar-refractivity contribution in [3.05, 3.63) is 51.9 Å². The maximum Gasteiger partial charge on any atom is 0.271 e. The zero-order valence-electron chi connectivity index (χ0n) is 18.6. The van der Waals surface area contributed by atoms with Crippen molar-refractivity contribution in [3.63, 3.8) is 0 Å². The summed E-state index contributed by atoms with van der Waals surface area (Å²) >= 11 is 1.58. The molecular weight excluding hydrogens is 426 g/mol. The Balaban J connectivity index is 1.57. The Morgan fingerprint density at radius 1 is 1.28 bits per heavy atom. The molecule has 0 saturated carbocycles. The molecule has 2 atom stereocenters. The summed E-state index contributed by atoms with van der Waals surface area (Å²) in [6, 6.07) is 7.96. The summed E-state index contributed by atoms with van der Waals surface area (Å²) in [6.07, 6.45) is 3.48. The van der Waals surface area contributed by atoms with Crippen molar-refractivity contribution >= 4 is 22.6 Å². The summed E-state index contributed by atoms with van der Waals surface area (Å²) in [6.45, 7) is 6.83. The van der Waals surface area contributed by atoms with Crippen LogP contribution in [0, 0.1) is 0 Å². The van der Waals surface area contributed by atoms with Gasteiger partial charge in [0, 0.05) is 17.7 Å². The third kappa shape index (κ3) is 3.69. The first kappa shape index (κ1) is 21.1. The van der Waals surface area contributed by atoms with Gasteiger partial charge in [-0.3, -0.25) is 19.7 Å². The molecular formula is C23H27N5O3S. The summed E-state index contributed by atoms with van der Waals surface area (Å²) in [4.78, 5) is 18.0. The smallest absolute Gasteiger partial charge is 0.271 e. The average Bonchev–Trinajstić information content (AvgIpc) is 3.38. The van der Waals surface area contributed by atoms with Gasteiger partial charge >= 0.3 is 0 Å². The van der Waals surface area contributed by atoms with Gasteiger partial charge in [0.25, 0.3) is 5.56 Å². The Labute approximate surface area is 190 Å². The number of rotatable bonds is 4. The summed E-state index contributed by atoms with van der Waals surface area (Å²) in [5.41, 5.74) is 3.20. The molecule has 8 nitrogen and oxygen atoms in total. The standard InChI is InChI=1S/C23H27N5O3S/c1-13-25-21-18(22(29)27-28(21)15-9-10-31-23(2,3)11-15)20(32-13)17-12-24-26-19(17)14-5-7-16(30-4)8-6-14/h5-8,12,15,20H,9-11H2,1-4H3,(H,24,26)(H,27,29)/t15-,20-/m0/s1. The lowest BCUT2D eigenvalue weighted by Gasteiger charge is -2.36. The summed E-state index contributed by atoms with van der Waals surface area (Å²) in [7, 11) is 1.65. The molecule has 0 aliphatic carbocycles. The van der Waals surface area contributed by atoms with Gasteiger partial charge in [0.1, 0.15) is 5.75 Å². The molecule has 1 fully saturated rings. The zero-order valence-corrected chi connectivity index (χ0v) is 19.5. The quantitative estimate of drug-likeness (QED) is 0.602. The maximum absolute atomic E-state index is 13.2. The molecule has 0 radical (unpaired) electrons. The number of methoxy groups -OCH3 is 1. The Morgan fingerprint density at radius 3 is 2.78 bits per heavy atom. The minimum absolute atomic E-state index is 0.0973. The van der Waals surface area contributed by atoms with Crippen LogP contribution in [-0.4, -0.2) is 44.3 Å². The third-order valence-electron chi connectivity index (χ3n) is 6.12. The molecule has 2 aromatic heterocycles. The van der Waals surface area contributed by atoms with E-state index in [9.17, 15) is 4.79 Å². The fraction of sp³-hybridized carbons (Fsp3) is 0.435. The third-order valence-corrected chi connectivity index (χ3v) is 7.27. The van der Waals surface area contributed by atoms with Crippen LogP contribution in [-0.2, 0) is 4.74 Å². The molecule has 3 aromatic rings. The average molecular weight is 454 g/mol. The molecule has 32 heavy (non-hydrogen) atoms. The summed E-state index contributed by atoms with van der Waals surface area (Å²) < 4.78 is 13.1. The molecule has 2 aliphatic heterocycles. The highest BCUT2D eigenvalue weighted by Crippen LogP contribution is 2.47. The number of aromatic amines is 2. The van der Waals surface area contributed by atoms with Crippen molar-refractivity contribution in [2.75, 3.05) is 13.7 Å². The second-order valence-corrected chi connectivity index (χ2v) is 10.2. The SMILES string of the molecule is COc1ccc(-c2[nH]ncc2[C@@H]2SC(C)=Nc3c2c(=O)[nH]n3[C@H]2CCOC(C)(C)C2)cc1. The molecule has 5 rings (SSSR count). The van der Waals surface area contributed by atoms with Crippen LogP contribution >= 0.6 is 11.8 Å². The van der Waals surface area contributed by atoms with Crippen molar-refractivity contribution in [2.24, 2.45) is 4.99 Å². The lowest BCUT2D eigenvalue weighted by molar-refractivity contribution is -0.0705. The normalized spacial score (nSPS) is 22.3. The van der Waals surface area contributed by atoms with Crippen LogP contribution in [0.15, 0.2) is 40.2 Å². The van der Waals surface area contributed by atoms with Crippen molar-refractivity contribution in [1.29, 1.82) is 0 Å². The van der Waals surface area contributed by atoms with Gasteiger partial charge in [-0.2, -0.15) is 5.10 Å². The first-order valence-corrected chi connectivity index (χ1v) is 11.6. The molecule has 1 aromatic carbocycles. The van der Waals surface area contributed by atoms with Gasteiger partial charge in [0.2, 0.25) is 0 Å². The first-order chi connectivity index (χ1) is 15.4. The molecule has 168 valence electrons. The molecule has 4 heterocycles. The predicted molar refractivity (Wildman–Crippen MR) is 126 cm³/mol. The Bertz CT molecular complexity index is 1220. The number of hydrogen-bond acceptors (Lipinski definition) is 6. The Kier molecular flexibility index (Phi) is 5.25. The number of fused-ring (bicyclic) bond motifs is 1. The second-order valence-electron chi connectivity index (χ2n) is 8.86. The number of ether oxygens (including phenoxy) is 2. The molecule has 0 spiro atoms. The van der Waals surface area contributed by atoms with Gasteiger partial charge in [-0.1, -0.05) is 11.8 Å². The minimum Gasteiger partial charge on any atom is -0.497 e. The van der Waals surface area contributed by atoms with Crippen molar-refractivity contribution < 1.29 is 9.47 Å². The number of benzene rings is 1. The number of aliphatic imine (C=N–C) groups is 1. The van der Waals surface area contributed by atoms with E-state index in [0.29, 0.717) is 12.2 Å². The molecule has 0 unspecified atom stereocenters. The topological polar surface area (TPSA) is 97.3 Å². The van der Waals surface area contributed by atoms with Crippen LogP contribution in [0.3, 0.4) is 0 Å². The van der Waals surface area contributed by atoms with Gasteiger partial charge in [-0.25, -0.2) is 4.99 Å². The van der Waals surface area contributed by atoms with Gasteiger partial charge in [0.15, 0.2) is 5.82 Å². The first-order valence-electron chi connectivity index (χ1n) is 10.7.